The van der Waals surface area contributed by atoms with E-state index in [9.17, 15) is 9.59 Å². The van der Waals surface area contributed by atoms with Gasteiger partial charge in [-0.3, -0.25) is 9.59 Å². The summed E-state index contributed by atoms with van der Waals surface area (Å²) in [7, 11) is 0. The van der Waals surface area contributed by atoms with Crippen LogP contribution in [0, 0.1) is 6.92 Å². The number of amides is 2. The first-order valence-electron chi connectivity index (χ1n) is 7.91. The second-order valence-electron chi connectivity index (χ2n) is 6.04. The Morgan fingerprint density at radius 2 is 1.68 bits per heavy atom. The van der Waals surface area contributed by atoms with Crippen LogP contribution in [0.4, 0.5) is 5.69 Å². The van der Waals surface area contributed by atoms with Crippen LogP contribution >= 0.6 is 12.4 Å². The molecule has 0 aliphatic carbocycles. The molecule has 2 rings (SSSR count). The second-order valence-corrected chi connectivity index (χ2v) is 6.04. The molecule has 2 aromatic carbocycles. The Morgan fingerprint density at radius 1 is 1.04 bits per heavy atom. The lowest BCUT2D eigenvalue weighted by molar-refractivity contribution is -0.117. The number of hydrogen-bond donors (Lipinski definition) is 3. The van der Waals surface area contributed by atoms with Gasteiger partial charge in [-0.2, -0.15) is 0 Å². The number of halogens is 1. The second kappa shape index (κ2) is 9.20. The third kappa shape index (κ3) is 5.59. The lowest BCUT2D eigenvalue weighted by Crippen LogP contribution is -2.30. The number of nitrogens with two attached hydrogens (primary N) is 1. The fourth-order valence-electron chi connectivity index (χ4n) is 2.37. The Hall–Kier alpha value is -2.37. The molecule has 0 fully saturated rings. The van der Waals surface area contributed by atoms with Gasteiger partial charge in [-0.25, -0.2) is 0 Å². The summed E-state index contributed by atoms with van der Waals surface area (Å²) < 4.78 is 0. The number of nitrogens with one attached hydrogen (secondary N) is 2. The normalized spacial score (nSPS) is 11.4. The molecular formula is C19H24ClN3O2. The van der Waals surface area contributed by atoms with Crippen LogP contribution in [0.15, 0.2) is 48.5 Å². The van der Waals surface area contributed by atoms with Gasteiger partial charge in [-0.15, -0.1) is 12.4 Å². The molecule has 0 spiro atoms. The largest absolute Gasteiger partial charge is 0.350 e. The summed E-state index contributed by atoms with van der Waals surface area (Å²) in [6.45, 7) is 5.65. The fraction of sp³-hybridized carbons (Fsp3) is 0.263. The van der Waals surface area contributed by atoms with E-state index >= 15 is 0 Å². The lowest BCUT2D eigenvalue weighted by Gasteiger charge is -2.14. The lowest BCUT2D eigenvalue weighted by atomic mass is 10.1. The van der Waals surface area contributed by atoms with Crippen molar-refractivity contribution in [2.75, 3.05) is 5.32 Å². The SMILES string of the molecule is Cc1cc(NC(=O)C(N)c2ccccc2)ccc1C(=O)NC(C)C.Cl. The number of benzene rings is 2. The summed E-state index contributed by atoms with van der Waals surface area (Å²) in [6.07, 6.45) is 0. The molecule has 134 valence electrons. The average molecular weight is 362 g/mol. The number of hydrogen-bond acceptors (Lipinski definition) is 3. The zero-order valence-corrected chi connectivity index (χ0v) is 15.4. The maximum atomic E-state index is 12.3. The van der Waals surface area contributed by atoms with Gasteiger partial charge in [0.15, 0.2) is 0 Å². The Bertz CT molecular complexity index is 733. The van der Waals surface area contributed by atoms with Crippen molar-refractivity contribution in [3.63, 3.8) is 0 Å². The molecule has 1 unspecified atom stereocenters. The van der Waals surface area contributed by atoms with E-state index in [0.717, 1.165) is 11.1 Å². The molecule has 0 aliphatic rings. The molecule has 2 amide bonds. The van der Waals surface area contributed by atoms with E-state index in [2.05, 4.69) is 10.6 Å². The smallest absolute Gasteiger partial charge is 0.251 e. The molecular weight excluding hydrogens is 338 g/mol. The van der Waals surface area contributed by atoms with E-state index in [4.69, 9.17) is 5.73 Å². The van der Waals surface area contributed by atoms with Gasteiger partial charge in [0.05, 0.1) is 0 Å². The Kier molecular flexibility index (Phi) is 7.61. The molecule has 5 nitrogen and oxygen atoms in total. The van der Waals surface area contributed by atoms with Crippen molar-refractivity contribution in [1.82, 2.24) is 5.32 Å². The van der Waals surface area contributed by atoms with Crippen molar-refractivity contribution in [3.05, 3.63) is 65.2 Å². The van der Waals surface area contributed by atoms with Crippen LogP contribution in [0.1, 0.15) is 41.4 Å². The number of rotatable bonds is 5. The molecule has 0 bridgehead atoms. The monoisotopic (exact) mass is 361 g/mol. The van der Waals surface area contributed by atoms with E-state index in [1.807, 2.05) is 51.1 Å². The first kappa shape index (κ1) is 20.7. The molecule has 0 aliphatic heterocycles. The van der Waals surface area contributed by atoms with Gasteiger partial charge in [0.25, 0.3) is 5.91 Å². The van der Waals surface area contributed by atoms with Gasteiger partial charge < -0.3 is 16.4 Å². The predicted molar refractivity (Wildman–Crippen MR) is 103 cm³/mol. The zero-order valence-electron chi connectivity index (χ0n) is 14.6. The maximum absolute atomic E-state index is 12.3. The maximum Gasteiger partial charge on any atom is 0.251 e. The van der Waals surface area contributed by atoms with E-state index in [1.54, 1.807) is 18.2 Å². The quantitative estimate of drug-likeness (QED) is 0.764. The number of anilines is 1. The minimum atomic E-state index is -0.740. The molecule has 0 radical (unpaired) electrons. The van der Waals surface area contributed by atoms with E-state index < -0.39 is 6.04 Å². The molecule has 2 aromatic rings. The molecule has 0 aromatic heterocycles. The third-order valence-corrected chi connectivity index (χ3v) is 3.60. The van der Waals surface area contributed by atoms with Gasteiger partial charge in [0.1, 0.15) is 6.04 Å². The van der Waals surface area contributed by atoms with Crippen LogP contribution in [-0.4, -0.2) is 17.9 Å². The highest BCUT2D eigenvalue weighted by atomic mass is 35.5. The van der Waals surface area contributed by atoms with E-state index in [-0.39, 0.29) is 30.3 Å². The molecule has 0 saturated carbocycles. The summed E-state index contributed by atoms with van der Waals surface area (Å²) in [6, 6.07) is 13.7. The van der Waals surface area contributed by atoms with Gasteiger partial charge in [-0.1, -0.05) is 30.3 Å². The van der Waals surface area contributed by atoms with Crippen LogP contribution in [0.3, 0.4) is 0 Å². The van der Waals surface area contributed by atoms with Crippen molar-refractivity contribution in [1.29, 1.82) is 0 Å². The molecule has 4 N–H and O–H groups in total. The van der Waals surface area contributed by atoms with Crippen molar-refractivity contribution in [2.24, 2.45) is 5.73 Å². The minimum absolute atomic E-state index is 0. The molecule has 0 heterocycles. The highest BCUT2D eigenvalue weighted by Crippen LogP contribution is 2.18. The molecule has 0 saturated heterocycles. The third-order valence-electron chi connectivity index (χ3n) is 3.60. The van der Waals surface area contributed by atoms with Gasteiger partial charge in [0, 0.05) is 17.3 Å². The van der Waals surface area contributed by atoms with Gasteiger partial charge in [0.2, 0.25) is 5.91 Å². The summed E-state index contributed by atoms with van der Waals surface area (Å²) in [5.74, 6) is -0.415. The highest BCUT2D eigenvalue weighted by Gasteiger charge is 2.16. The Morgan fingerprint density at radius 3 is 2.24 bits per heavy atom. The van der Waals surface area contributed by atoms with Gasteiger partial charge in [-0.05, 0) is 50.1 Å². The standard InChI is InChI=1S/C19H23N3O2.ClH/c1-12(2)21-18(23)16-10-9-15(11-13(16)3)22-19(24)17(20)14-7-5-4-6-8-14;/h4-12,17H,20H2,1-3H3,(H,21,23)(H,22,24);1H. The Labute approximate surface area is 154 Å². The molecule has 25 heavy (non-hydrogen) atoms. The summed E-state index contributed by atoms with van der Waals surface area (Å²) in [4.78, 5) is 24.4. The van der Waals surface area contributed by atoms with Crippen LogP contribution in [0.2, 0.25) is 0 Å². The van der Waals surface area contributed by atoms with Crippen molar-refractivity contribution >= 4 is 29.9 Å². The topological polar surface area (TPSA) is 84.2 Å². The van der Waals surface area contributed by atoms with Crippen LogP contribution in [0.25, 0.3) is 0 Å². The van der Waals surface area contributed by atoms with Crippen LogP contribution in [0.5, 0.6) is 0 Å². The number of carbonyl (C=O) groups excluding carboxylic acids is 2. The van der Waals surface area contributed by atoms with Crippen LogP contribution in [-0.2, 0) is 4.79 Å². The van der Waals surface area contributed by atoms with Crippen molar-refractivity contribution in [2.45, 2.75) is 32.9 Å². The predicted octanol–water partition coefficient (Wildman–Crippen LogP) is 3.19. The summed E-state index contributed by atoms with van der Waals surface area (Å²) >= 11 is 0. The molecule has 6 heteroatoms. The Balaban J connectivity index is 0.00000312. The summed E-state index contributed by atoms with van der Waals surface area (Å²) in [5.41, 5.74) is 8.73. The van der Waals surface area contributed by atoms with Gasteiger partial charge >= 0.3 is 0 Å². The zero-order chi connectivity index (χ0) is 17.7. The van der Waals surface area contributed by atoms with Crippen LogP contribution < -0.4 is 16.4 Å². The van der Waals surface area contributed by atoms with E-state index in [1.165, 1.54) is 0 Å². The number of aryl methyl sites for hydroxylation is 1. The number of carbonyl (C=O) groups is 2. The summed E-state index contributed by atoms with van der Waals surface area (Å²) in [5, 5.41) is 5.65. The van der Waals surface area contributed by atoms with E-state index in [0.29, 0.717) is 11.3 Å². The van der Waals surface area contributed by atoms with Crippen molar-refractivity contribution in [3.8, 4) is 0 Å². The highest BCUT2D eigenvalue weighted by molar-refractivity contribution is 5.98. The first-order valence-corrected chi connectivity index (χ1v) is 7.91. The fourth-order valence-corrected chi connectivity index (χ4v) is 2.37. The average Bonchev–Trinajstić information content (AvgIpc) is 2.54. The first-order chi connectivity index (χ1) is 11.4. The minimum Gasteiger partial charge on any atom is -0.350 e. The van der Waals surface area contributed by atoms with Crippen molar-refractivity contribution < 1.29 is 9.59 Å². The molecule has 1 atom stereocenters.